The Morgan fingerprint density at radius 1 is 1.26 bits per heavy atom. The average Bonchev–Trinajstić information content (AvgIpc) is 3.37. The Kier molecular flexibility index (Phi) is 9.22. The van der Waals surface area contributed by atoms with Crippen LogP contribution in [0.1, 0.15) is 50.0 Å². The second-order valence-electron chi connectivity index (χ2n) is 10.8. The van der Waals surface area contributed by atoms with Gasteiger partial charge in [0.2, 0.25) is 0 Å². The number of benzene rings is 2. The second kappa shape index (κ2) is 13.0. The van der Waals surface area contributed by atoms with E-state index in [0.717, 1.165) is 43.2 Å². The molecule has 5 rings (SSSR count). The van der Waals surface area contributed by atoms with Crippen LogP contribution < -0.4 is 28.2 Å². The van der Waals surface area contributed by atoms with Crippen LogP contribution in [-0.2, 0) is 11.2 Å². The van der Waals surface area contributed by atoms with Crippen LogP contribution in [0.5, 0.6) is 0 Å². The van der Waals surface area contributed by atoms with Crippen molar-refractivity contribution in [1.82, 2.24) is 19.9 Å². The molecule has 12 heteroatoms. The molecule has 8 N–H and O–H groups in total. The maximum Gasteiger partial charge on any atom is 0.354 e. The van der Waals surface area contributed by atoms with Crippen molar-refractivity contribution in [2.24, 2.45) is 22.2 Å². The summed E-state index contributed by atoms with van der Waals surface area (Å²) in [5.41, 5.74) is 19.9. The number of ether oxygens (including phenoxy) is 1. The molecular weight excluding hydrogens is 559 g/mol. The van der Waals surface area contributed by atoms with Crippen molar-refractivity contribution in [3.8, 4) is 16.9 Å². The van der Waals surface area contributed by atoms with Crippen molar-refractivity contribution in [2.75, 3.05) is 13.2 Å². The van der Waals surface area contributed by atoms with Gasteiger partial charge in [0, 0.05) is 35.8 Å². The number of halogens is 2. The van der Waals surface area contributed by atoms with Crippen molar-refractivity contribution in [2.45, 2.75) is 57.3 Å². The van der Waals surface area contributed by atoms with E-state index in [2.05, 4.69) is 20.3 Å². The monoisotopic (exact) mass is 594 g/mol. The molecule has 222 valence electrons. The molecule has 3 heterocycles. The van der Waals surface area contributed by atoms with Gasteiger partial charge < -0.3 is 26.9 Å². The molecule has 1 aliphatic heterocycles. The molecule has 3 atom stereocenters. The van der Waals surface area contributed by atoms with E-state index in [0.29, 0.717) is 41.1 Å². The maximum atomic E-state index is 15.1. The lowest BCUT2D eigenvalue weighted by Crippen LogP contribution is -2.40. The molecule has 0 aliphatic carbocycles. The number of aryl methyl sites for hydroxylation is 1. The van der Waals surface area contributed by atoms with E-state index < -0.39 is 11.5 Å². The number of guanidine groups is 1. The zero-order valence-corrected chi connectivity index (χ0v) is 24.2. The SMILES string of the molecule is C[C@H](N)CCCc1cc(Cl)c(F)c(-c2cc3cn(-c4ccc([C@@H]5N[C@@H](CCN=C(N)N)CCO5)cc4)c(=O)nc3[nH]2)c1. The predicted octanol–water partition coefficient (Wildman–Crippen LogP) is 3.88. The minimum Gasteiger partial charge on any atom is -0.370 e. The molecule has 0 bridgehead atoms. The molecule has 0 unspecified atom stereocenters. The maximum absolute atomic E-state index is 15.1. The highest BCUT2D eigenvalue weighted by atomic mass is 35.5. The third-order valence-corrected chi connectivity index (χ3v) is 7.67. The molecule has 0 amide bonds. The third-order valence-electron chi connectivity index (χ3n) is 7.40. The highest BCUT2D eigenvalue weighted by Crippen LogP contribution is 2.31. The number of nitrogens with two attached hydrogens (primary N) is 3. The molecule has 0 radical (unpaired) electrons. The highest BCUT2D eigenvalue weighted by Gasteiger charge is 2.23. The van der Waals surface area contributed by atoms with Crippen LogP contribution in [0.3, 0.4) is 0 Å². The summed E-state index contributed by atoms with van der Waals surface area (Å²) in [6, 6.07) is 13.0. The number of nitrogens with one attached hydrogen (secondary N) is 2. The summed E-state index contributed by atoms with van der Waals surface area (Å²) in [6.45, 7) is 3.12. The van der Waals surface area contributed by atoms with Crippen LogP contribution >= 0.6 is 11.6 Å². The first-order valence-electron chi connectivity index (χ1n) is 14.1. The fraction of sp³-hybridized carbons (Fsp3) is 0.367. The van der Waals surface area contributed by atoms with Crippen LogP contribution in [0.4, 0.5) is 4.39 Å². The van der Waals surface area contributed by atoms with Crippen LogP contribution in [0, 0.1) is 5.82 Å². The van der Waals surface area contributed by atoms with Gasteiger partial charge in [-0.15, -0.1) is 0 Å². The van der Waals surface area contributed by atoms with Gasteiger partial charge in [-0.05, 0) is 80.5 Å². The van der Waals surface area contributed by atoms with Crippen LogP contribution in [0.15, 0.2) is 58.4 Å². The topological polar surface area (TPSA) is 162 Å². The Hall–Kier alpha value is -3.77. The molecule has 1 saturated heterocycles. The van der Waals surface area contributed by atoms with Crippen LogP contribution in [0.2, 0.25) is 5.02 Å². The summed E-state index contributed by atoms with van der Waals surface area (Å²) in [6.07, 6.45) is 5.53. The lowest BCUT2D eigenvalue weighted by atomic mass is 10.0. The third kappa shape index (κ3) is 6.99. The van der Waals surface area contributed by atoms with Crippen LogP contribution in [-0.4, -0.2) is 45.7 Å². The van der Waals surface area contributed by atoms with Gasteiger partial charge in [0.1, 0.15) is 11.9 Å². The predicted molar refractivity (Wildman–Crippen MR) is 164 cm³/mol. The van der Waals surface area contributed by atoms with E-state index in [1.807, 2.05) is 31.2 Å². The lowest BCUT2D eigenvalue weighted by molar-refractivity contribution is -0.0208. The number of hydrogen-bond acceptors (Lipinski definition) is 6. The zero-order valence-electron chi connectivity index (χ0n) is 23.4. The largest absolute Gasteiger partial charge is 0.370 e. The number of hydrogen-bond donors (Lipinski definition) is 5. The highest BCUT2D eigenvalue weighted by molar-refractivity contribution is 6.31. The normalized spacial score (nSPS) is 17.8. The molecule has 2 aromatic carbocycles. The molecule has 0 spiro atoms. The summed E-state index contributed by atoms with van der Waals surface area (Å²) in [7, 11) is 0. The Bertz CT molecular complexity index is 1630. The van der Waals surface area contributed by atoms with Crippen molar-refractivity contribution in [1.29, 1.82) is 0 Å². The fourth-order valence-electron chi connectivity index (χ4n) is 5.19. The van der Waals surface area contributed by atoms with Crippen molar-refractivity contribution in [3.63, 3.8) is 0 Å². The summed E-state index contributed by atoms with van der Waals surface area (Å²) in [5, 5.41) is 4.19. The minimum absolute atomic E-state index is 0.0473. The number of fused-ring (bicyclic) bond motifs is 1. The molecule has 1 aliphatic rings. The fourth-order valence-corrected chi connectivity index (χ4v) is 5.43. The molecule has 4 aromatic rings. The Balaban J connectivity index is 1.35. The molecular formula is C30H36ClFN8O2. The standard InChI is InChI=1S/C30H36ClFN8O2/c1-17(33)3-2-4-18-13-23(26(32)24(31)14-18)25-15-20-16-40(30(41)39-27(20)38-25)22-7-5-19(6-8-22)28-37-21(10-12-42-28)9-11-36-29(34)35/h5-8,13-17,21,28,37H,2-4,9-12,33H2,1H3,(H4,34,35,36)(H,38,39,41)/t17-,21-,28+/m0/s1. The first-order chi connectivity index (χ1) is 20.2. The van der Waals surface area contributed by atoms with Gasteiger partial charge in [-0.2, -0.15) is 4.98 Å². The summed E-state index contributed by atoms with van der Waals surface area (Å²) >= 11 is 6.24. The Morgan fingerprint density at radius 2 is 2.05 bits per heavy atom. The van der Waals surface area contributed by atoms with Gasteiger partial charge in [0.15, 0.2) is 11.8 Å². The Labute approximate surface area is 248 Å². The number of rotatable bonds is 10. The second-order valence-corrected chi connectivity index (χ2v) is 11.2. The molecule has 1 fully saturated rings. The number of nitrogens with zero attached hydrogens (tertiary/aromatic N) is 3. The quantitative estimate of drug-likeness (QED) is 0.137. The summed E-state index contributed by atoms with van der Waals surface area (Å²) in [5.74, 6) is -0.440. The Morgan fingerprint density at radius 3 is 2.79 bits per heavy atom. The first kappa shape index (κ1) is 29.7. The van der Waals surface area contributed by atoms with E-state index in [9.17, 15) is 4.79 Å². The minimum atomic E-state index is -0.526. The van der Waals surface area contributed by atoms with E-state index in [1.165, 1.54) is 4.57 Å². The van der Waals surface area contributed by atoms with Crippen LogP contribution in [0.25, 0.3) is 28.0 Å². The van der Waals surface area contributed by atoms with Gasteiger partial charge in [-0.25, -0.2) is 9.18 Å². The van der Waals surface area contributed by atoms with Gasteiger partial charge in [0.05, 0.1) is 23.0 Å². The van der Waals surface area contributed by atoms with Crippen molar-refractivity contribution in [3.05, 3.63) is 81.1 Å². The van der Waals surface area contributed by atoms with E-state index in [4.69, 9.17) is 33.5 Å². The molecule has 42 heavy (non-hydrogen) atoms. The molecule has 10 nitrogen and oxygen atoms in total. The smallest absolute Gasteiger partial charge is 0.354 e. The van der Waals surface area contributed by atoms with Crippen molar-refractivity contribution >= 4 is 28.6 Å². The zero-order chi connectivity index (χ0) is 29.8. The van der Waals surface area contributed by atoms with Gasteiger partial charge >= 0.3 is 5.69 Å². The van der Waals surface area contributed by atoms with Gasteiger partial charge in [-0.3, -0.25) is 14.9 Å². The average molecular weight is 595 g/mol. The molecule has 0 saturated carbocycles. The van der Waals surface area contributed by atoms with E-state index in [1.54, 1.807) is 24.4 Å². The first-order valence-corrected chi connectivity index (χ1v) is 14.5. The number of aromatic amines is 1. The van der Waals surface area contributed by atoms with Gasteiger partial charge in [-0.1, -0.05) is 23.7 Å². The lowest BCUT2D eigenvalue weighted by Gasteiger charge is -2.31. The van der Waals surface area contributed by atoms with Gasteiger partial charge in [0.25, 0.3) is 0 Å². The van der Waals surface area contributed by atoms with E-state index in [-0.39, 0.29) is 29.3 Å². The van der Waals surface area contributed by atoms with Crippen molar-refractivity contribution < 1.29 is 9.13 Å². The summed E-state index contributed by atoms with van der Waals surface area (Å²) in [4.78, 5) is 24.3. The number of aromatic nitrogens is 3. The number of H-pyrrole nitrogens is 1. The van der Waals surface area contributed by atoms with E-state index >= 15 is 4.39 Å². The molecule has 2 aromatic heterocycles. The number of aliphatic imine (C=N–C) groups is 1. The summed E-state index contributed by atoms with van der Waals surface area (Å²) < 4.78 is 22.5.